The lowest BCUT2D eigenvalue weighted by molar-refractivity contribution is 1.07. The van der Waals surface area contributed by atoms with E-state index < -0.39 is 0 Å². The number of nitrogens with zero attached hydrogens (tertiary/aromatic N) is 4. The van der Waals surface area contributed by atoms with Crippen molar-refractivity contribution in [3.05, 3.63) is 194 Å². The lowest BCUT2D eigenvalue weighted by Crippen LogP contribution is -2.00. The second kappa shape index (κ2) is 12.4. The molecule has 0 N–H and O–H groups in total. The van der Waals surface area contributed by atoms with Crippen molar-refractivity contribution < 1.29 is 0 Å². The molecule has 2 heterocycles. The summed E-state index contributed by atoms with van der Waals surface area (Å²) in [6.07, 6.45) is 0. The van der Waals surface area contributed by atoms with Gasteiger partial charge in [0.1, 0.15) is 0 Å². The predicted molar refractivity (Wildman–Crippen MR) is 235 cm³/mol. The Morgan fingerprint density at radius 1 is 0.281 bits per heavy atom. The molecule has 9 aromatic carbocycles. The molecule has 0 saturated heterocycles. The topological polar surface area (TPSA) is 43.6 Å². The van der Waals surface area contributed by atoms with Crippen LogP contribution in [-0.2, 0) is 0 Å². The summed E-state index contributed by atoms with van der Waals surface area (Å²) in [7, 11) is 0. The number of fused-ring (bicyclic) bond motifs is 4. The van der Waals surface area contributed by atoms with E-state index in [-0.39, 0.29) is 0 Å². The molecule has 0 atom stereocenters. The molecule has 1 aliphatic rings. The maximum absolute atomic E-state index is 5.10. The summed E-state index contributed by atoms with van der Waals surface area (Å²) in [5.41, 5.74) is 13.7. The maximum atomic E-state index is 5.10. The van der Waals surface area contributed by atoms with Crippen LogP contribution in [0.1, 0.15) is 0 Å². The summed E-state index contributed by atoms with van der Waals surface area (Å²) in [6.45, 7) is 0. The molecule has 2 aromatic heterocycles. The average Bonchev–Trinajstić information content (AvgIpc) is 3.57. The highest BCUT2D eigenvalue weighted by Gasteiger charge is 2.26. The highest BCUT2D eigenvalue weighted by Crippen LogP contribution is 2.50. The first-order chi connectivity index (χ1) is 28.2. The SMILES string of the molecule is c1ccc(-c2cc3c4c5c6c(cccc6ccc5n(-c5ccc(-c6nc(-c7ccccc7)nc(-c7ccc8ccccc8c7)n6)cc5)c4c2)-c2ccccc2-3)cc1. The summed E-state index contributed by atoms with van der Waals surface area (Å²) in [6, 6.07) is 69.3. The number of hydrogen-bond donors (Lipinski definition) is 0. The van der Waals surface area contributed by atoms with Crippen molar-refractivity contribution in [2.24, 2.45) is 0 Å². The van der Waals surface area contributed by atoms with Gasteiger partial charge < -0.3 is 4.57 Å². The third-order valence-electron chi connectivity index (χ3n) is 11.5. The zero-order chi connectivity index (χ0) is 37.5. The fourth-order valence-corrected chi connectivity index (χ4v) is 8.91. The Hall–Kier alpha value is -7.69. The van der Waals surface area contributed by atoms with E-state index in [1.54, 1.807) is 0 Å². The predicted octanol–water partition coefficient (Wildman–Crippen LogP) is 13.6. The van der Waals surface area contributed by atoms with Crippen LogP contribution >= 0.6 is 0 Å². The standard InChI is InChI=1S/C53H32N4/c1-3-12-33(13-4-1)40-31-45-43-20-10-9-19-42(43)44-21-11-18-35-26-29-46-50(48(35)44)49(45)47(32-40)57(46)41-27-24-37(25-28-41)52-54-51(36-15-5-2-6-16-36)55-53(56-52)39-23-22-34-14-7-8-17-38(34)30-39/h1-32H. The van der Waals surface area contributed by atoms with Crippen LogP contribution in [0.2, 0.25) is 0 Å². The van der Waals surface area contributed by atoms with Crippen LogP contribution in [0.25, 0.3) is 117 Å². The molecule has 12 rings (SSSR count). The lowest BCUT2D eigenvalue weighted by atomic mass is 9.92. The first-order valence-corrected chi connectivity index (χ1v) is 19.4. The first kappa shape index (κ1) is 31.6. The molecule has 0 bridgehead atoms. The number of benzene rings is 9. The van der Waals surface area contributed by atoms with E-state index in [9.17, 15) is 0 Å². The van der Waals surface area contributed by atoms with Gasteiger partial charge in [0.15, 0.2) is 17.5 Å². The molecular formula is C53H32N4. The molecular weight excluding hydrogens is 693 g/mol. The quantitative estimate of drug-likeness (QED) is 0.177. The van der Waals surface area contributed by atoms with Crippen molar-refractivity contribution in [1.29, 1.82) is 0 Å². The Morgan fingerprint density at radius 3 is 1.60 bits per heavy atom. The van der Waals surface area contributed by atoms with Gasteiger partial charge in [-0.3, -0.25) is 0 Å². The van der Waals surface area contributed by atoms with E-state index in [0.717, 1.165) is 27.8 Å². The normalized spacial score (nSPS) is 11.9. The minimum Gasteiger partial charge on any atom is -0.309 e. The maximum Gasteiger partial charge on any atom is 0.164 e. The van der Waals surface area contributed by atoms with Crippen LogP contribution in [-0.4, -0.2) is 19.5 Å². The van der Waals surface area contributed by atoms with E-state index in [2.05, 4.69) is 180 Å². The summed E-state index contributed by atoms with van der Waals surface area (Å²) < 4.78 is 2.44. The van der Waals surface area contributed by atoms with Gasteiger partial charge in [0.25, 0.3) is 0 Å². The molecule has 4 nitrogen and oxygen atoms in total. The summed E-state index contributed by atoms with van der Waals surface area (Å²) in [5, 5.41) is 7.45. The molecule has 0 fully saturated rings. The van der Waals surface area contributed by atoms with Crippen LogP contribution < -0.4 is 0 Å². The van der Waals surface area contributed by atoms with Gasteiger partial charge in [-0.1, -0.05) is 146 Å². The number of hydrogen-bond acceptors (Lipinski definition) is 3. The van der Waals surface area contributed by atoms with Gasteiger partial charge in [-0.2, -0.15) is 0 Å². The minimum absolute atomic E-state index is 0.635. The highest BCUT2D eigenvalue weighted by molar-refractivity contribution is 6.30. The Bertz CT molecular complexity index is 3380. The average molecular weight is 725 g/mol. The molecule has 0 aliphatic heterocycles. The Balaban J connectivity index is 1.08. The zero-order valence-corrected chi connectivity index (χ0v) is 30.8. The molecule has 0 radical (unpaired) electrons. The molecule has 264 valence electrons. The van der Waals surface area contributed by atoms with Crippen molar-refractivity contribution in [3.63, 3.8) is 0 Å². The molecule has 1 aliphatic carbocycles. The van der Waals surface area contributed by atoms with Crippen molar-refractivity contribution in [3.8, 4) is 73.2 Å². The highest BCUT2D eigenvalue weighted by atomic mass is 15.0. The van der Waals surface area contributed by atoms with E-state index in [0.29, 0.717) is 17.5 Å². The molecule has 0 saturated carbocycles. The van der Waals surface area contributed by atoms with Crippen LogP contribution in [0, 0.1) is 0 Å². The van der Waals surface area contributed by atoms with Gasteiger partial charge in [0, 0.05) is 33.2 Å². The van der Waals surface area contributed by atoms with Gasteiger partial charge >= 0.3 is 0 Å². The van der Waals surface area contributed by atoms with Gasteiger partial charge in [-0.25, -0.2) is 15.0 Å². The Kier molecular flexibility index (Phi) is 6.89. The fraction of sp³-hybridized carbons (Fsp3) is 0. The van der Waals surface area contributed by atoms with Crippen molar-refractivity contribution in [2.75, 3.05) is 0 Å². The van der Waals surface area contributed by atoms with Crippen molar-refractivity contribution in [2.45, 2.75) is 0 Å². The van der Waals surface area contributed by atoms with Gasteiger partial charge in [-0.15, -0.1) is 0 Å². The van der Waals surface area contributed by atoms with Gasteiger partial charge in [0.2, 0.25) is 0 Å². The summed E-state index contributed by atoms with van der Waals surface area (Å²) in [5.74, 6) is 1.93. The Morgan fingerprint density at radius 2 is 0.842 bits per heavy atom. The monoisotopic (exact) mass is 724 g/mol. The molecule has 0 spiro atoms. The van der Waals surface area contributed by atoms with Crippen LogP contribution in [0.5, 0.6) is 0 Å². The van der Waals surface area contributed by atoms with E-state index in [4.69, 9.17) is 15.0 Å². The van der Waals surface area contributed by atoms with Crippen molar-refractivity contribution in [1.82, 2.24) is 19.5 Å². The smallest absolute Gasteiger partial charge is 0.164 e. The van der Waals surface area contributed by atoms with Gasteiger partial charge in [0.05, 0.1) is 11.0 Å². The third-order valence-corrected chi connectivity index (χ3v) is 11.5. The van der Waals surface area contributed by atoms with Crippen LogP contribution in [0.3, 0.4) is 0 Å². The first-order valence-electron chi connectivity index (χ1n) is 19.4. The molecule has 0 amide bonds. The van der Waals surface area contributed by atoms with Gasteiger partial charge in [-0.05, 0) is 103 Å². The van der Waals surface area contributed by atoms with E-state index in [1.165, 1.54) is 71.3 Å². The van der Waals surface area contributed by atoms with E-state index in [1.807, 2.05) is 18.2 Å². The molecule has 57 heavy (non-hydrogen) atoms. The van der Waals surface area contributed by atoms with Crippen LogP contribution in [0.4, 0.5) is 0 Å². The minimum atomic E-state index is 0.635. The third kappa shape index (κ3) is 4.98. The largest absolute Gasteiger partial charge is 0.309 e. The lowest BCUT2D eigenvalue weighted by Gasteiger charge is -2.15. The second-order valence-electron chi connectivity index (χ2n) is 14.8. The second-order valence-corrected chi connectivity index (χ2v) is 14.8. The van der Waals surface area contributed by atoms with E-state index >= 15 is 0 Å². The number of rotatable bonds is 5. The molecule has 11 aromatic rings. The molecule has 4 heteroatoms. The van der Waals surface area contributed by atoms with Crippen molar-refractivity contribution >= 4 is 43.4 Å². The zero-order valence-electron chi connectivity index (χ0n) is 30.8. The number of aromatic nitrogens is 4. The summed E-state index contributed by atoms with van der Waals surface area (Å²) in [4.78, 5) is 15.2. The summed E-state index contributed by atoms with van der Waals surface area (Å²) >= 11 is 0. The Labute approximate surface area is 329 Å². The molecule has 0 unspecified atom stereocenters. The fourth-order valence-electron chi connectivity index (χ4n) is 8.91. The van der Waals surface area contributed by atoms with Crippen LogP contribution in [0.15, 0.2) is 194 Å².